The average molecular weight is 308 g/mol. The van der Waals surface area contributed by atoms with Crippen molar-refractivity contribution in [1.82, 2.24) is 5.32 Å². The monoisotopic (exact) mass is 308 g/mol. The smallest absolute Gasteiger partial charge is 0.217 e. The van der Waals surface area contributed by atoms with E-state index in [1.165, 1.54) is 37.9 Å². The molecule has 0 aromatic carbocycles. The molecule has 22 heavy (non-hydrogen) atoms. The lowest BCUT2D eigenvalue weighted by Gasteiger charge is -2.33. The van der Waals surface area contributed by atoms with Gasteiger partial charge in [-0.3, -0.25) is 9.28 Å². The number of amides is 1. The van der Waals surface area contributed by atoms with Crippen LogP contribution in [0.2, 0.25) is 0 Å². The van der Waals surface area contributed by atoms with E-state index in [-0.39, 0.29) is 5.91 Å². The van der Waals surface area contributed by atoms with Crippen molar-refractivity contribution in [1.29, 1.82) is 0 Å². The summed E-state index contributed by atoms with van der Waals surface area (Å²) >= 11 is 0. The number of quaternary nitrogens is 1. The van der Waals surface area contributed by atoms with Gasteiger partial charge < -0.3 is 5.32 Å². The van der Waals surface area contributed by atoms with E-state index in [0.29, 0.717) is 0 Å². The van der Waals surface area contributed by atoms with E-state index < -0.39 is 0 Å². The summed E-state index contributed by atoms with van der Waals surface area (Å²) in [6, 6.07) is 0. The number of allylic oxidation sites excluding steroid dienone is 2. The first-order valence-electron chi connectivity index (χ1n) is 8.94. The third-order valence-corrected chi connectivity index (χ3v) is 4.53. The molecule has 0 saturated heterocycles. The van der Waals surface area contributed by atoms with Gasteiger partial charge in [0.05, 0.1) is 19.6 Å². The minimum atomic E-state index is 0.0609. The van der Waals surface area contributed by atoms with Crippen molar-refractivity contribution in [2.24, 2.45) is 4.99 Å². The Kier molecular flexibility index (Phi) is 9.05. The summed E-state index contributed by atoms with van der Waals surface area (Å²) in [5, 5.41) is 2.93. The third-order valence-electron chi connectivity index (χ3n) is 4.53. The van der Waals surface area contributed by atoms with Crippen LogP contribution in [0.5, 0.6) is 0 Å². The molecule has 0 aromatic heterocycles. The number of carbonyl (C=O) groups excluding carboxylic acids is 1. The van der Waals surface area contributed by atoms with Gasteiger partial charge in [-0.2, -0.15) is 0 Å². The SMILES string of the molecule is CCC/C=C/CCCCC1=NCC[N+]1(CC)CCNC(C)=O. The molecule has 4 nitrogen and oxygen atoms in total. The molecule has 1 unspecified atom stereocenters. The van der Waals surface area contributed by atoms with Gasteiger partial charge in [0.1, 0.15) is 13.1 Å². The fraction of sp³-hybridized carbons (Fsp3) is 0.778. The Balaban J connectivity index is 2.35. The Labute approximate surface area is 136 Å². The maximum atomic E-state index is 11.1. The van der Waals surface area contributed by atoms with E-state index in [2.05, 4.69) is 31.3 Å². The maximum Gasteiger partial charge on any atom is 0.217 e. The van der Waals surface area contributed by atoms with Crippen molar-refractivity contribution in [3.8, 4) is 0 Å². The van der Waals surface area contributed by atoms with Crippen LogP contribution >= 0.6 is 0 Å². The quantitative estimate of drug-likeness (QED) is 0.355. The summed E-state index contributed by atoms with van der Waals surface area (Å²) in [4.78, 5) is 15.8. The van der Waals surface area contributed by atoms with Crippen LogP contribution in [0.15, 0.2) is 17.1 Å². The van der Waals surface area contributed by atoms with Crippen molar-refractivity contribution < 1.29 is 9.28 Å². The minimum Gasteiger partial charge on any atom is -0.351 e. The molecule has 0 saturated carbocycles. The fourth-order valence-corrected chi connectivity index (χ4v) is 3.10. The first kappa shape index (κ1) is 18.9. The van der Waals surface area contributed by atoms with Gasteiger partial charge in [0.15, 0.2) is 5.84 Å². The molecule has 0 spiro atoms. The van der Waals surface area contributed by atoms with Gasteiger partial charge >= 0.3 is 0 Å². The van der Waals surface area contributed by atoms with E-state index in [1.54, 1.807) is 6.92 Å². The first-order chi connectivity index (χ1) is 10.6. The zero-order chi connectivity index (χ0) is 16.3. The van der Waals surface area contributed by atoms with Crippen LogP contribution < -0.4 is 5.32 Å². The molecule has 0 fully saturated rings. The molecule has 126 valence electrons. The number of likely N-dealkylation sites (N-methyl/N-ethyl adjacent to an activating group) is 1. The molecule has 1 rings (SSSR count). The van der Waals surface area contributed by atoms with E-state index in [9.17, 15) is 4.79 Å². The minimum absolute atomic E-state index is 0.0609. The summed E-state index contributed by atoms with van der Waals surface area (Å²) in [7, 11) is 0. The molecule has 1 heterocycles. The largest absolute Gasteiger partial charge is 0.351 e. The lowest BCUT2D eigenvalue weighted by Crippen LogP contribution is -2.54. The zero-order valence-corrected chi connectivity index (χ0v) is 14.7. The van der Waals surface area contributed by atoms with Crippen LogP contribution in [0.3, 0.4) is 0 Å². The third kappa shape index (κ3) is 6.30. The highest BCUT2D eigenvalue weighted by Gasteiger charge is 2.35. The second-order valence-corrected chi connectivity index (χ2v) is 6.20. The van der Waals surface area contributed by atoms with Crippen LogP contribution in [0.1, 0.15) is 59.3 Å². The van der Waals surface area contributed by atoms with Crippen LogP contribution in [0.4, 0.5) is 0 Å². The average Bonchev–Trinajstić information content (AvgIpc) is 2.89. The zero-order valence-electron chi connectivity index (χ0n) is 14.7. The molecule has 0 bridgehead atoms. The number of unbranched alkanes of at least 4 members (excludes halogenated alkanes) is 3. The molecule has 4 heteroatoms. The van der Waals surface area contributed by atoms with E-state index in [1.807, 2.05) is 0 Å². The van der Waals surface area contributed by atoms with E-state index >= 15 is 0 Å². The molecular formula is C18H34N3O+. The molecule has 1 atom stereocenters. The molecule has 0 radical (unpaired) electrons. The van der Waals surface area contributed by atoms with Gasteiger partial charge in [0, 0.05) is 13.3 Å². The number of amidine groups is 1. The van der Waals surface area contributed by atoms with Gasteiger partial charge in [0.25, 0.3) is 0 Å². The number of rotatable bonds is 11. The molecule has 1 amide bonds. The van der Waals surface area contributed by atoms with Gasteiger partial charge in [0.2, 0.25) is 5.91 Å². The summed E-state index contributed by atoms with van der Waals surface area (Å²) in [5.41, 5.74) is 0. The lowest BCUT2D eigenvalue weighted by atomic mass is 10.1. The summed E-state index contributed by atoms with van der Waals surface area (Å²) in [6.45, 7) is 10.9. The van der Waals surface area contributed by atoms with Gasteiger partial charge in [-0.1, -0.05) is 25.5 Å². The number of nitrogens with zero attached hydrogens (tertiary/aromatic N) is 2. The highest BCUT2D eigenvalue weighted by molar-refractivity contribution is 5.77. The van der Waals surface area contributed by atoms with E-state index in [4.69, 9.17) is 4.99 Å². The molecule has 0 aliphatic carbocycles. The Morgan fingerprint density at radius 2 is 2.05 bits per heavy atom. The van der Waals surface area contributed by atoms with Gasteiger partial charge in [-0.05, 0) is 32.6 Å². The van der Waals surface area contributed by atoms with Crippen LogP contribution in [-0.4, -0.2) is 48.9 Å². The van der Waals surface area contributed by atoms with Crippen molar-refractivity contribution >= 4 is 11.7 Å². The number of nitrogens with one attached hydrogen (secondary N) is 1. The molecule has 1 aliphatic heterocycles. The Bertz CT molecular complexity index is 390. The Morgan fingerprint density at radius 3 is 2.73 bits per heavy atom. The van der Waals surface area contributed by atoms with Crippen molar-refractivity contribution in [2.75, 3.05) is 32.7 Å². The predicted octanol–water partition coefficient (Wildman–Crippen LogP) is 3.29. The molecular weight excluding hydrogens is 274 g/mol. The number of hydrogen-bond acceptors (Lipinski definition) is 2. The first-order valence-corrected chi connectivity index (χ1v) is 8.94. The molecule has 1 aliphatic rings. The number of hydrogen-bond donors (Lipinski definition) is 1. The topological polar surface area (TPSA) is 41.5 Å². The highest BCUT2D eigenvalue weighted by atomic mass is 16.1. The summed E-state index contributed by atoms with van der Waals surface area (Å²) < 4.78 is 0.978. The van der Waals surface area contributed by atoms with Crippen molar-refractivity contribution in [3.63, 3.8) is 0 Å². The van der Waals surface area contributed by atoms with Gasteiger partial charge in [-0.15, -0.1) is 0 Å². The van der Waals surface area contributed by atoms with Crippen LogP contribution in [0, 0.1) is 0 Å². The molecule has 1 N–H and O–H groups in total. The Hall–Kier alpha value is -1.16. The lowest BCUT2D eigenvalue weighted by molar-refractivity contribution is -0.833. The second kappa shape index (κ2) is 10.5. The number of carbonyl (C=O) groups is 1. The Morgan fingerprint density at radius 1 is 1.27 bits per heavy atom. The van der Waals surface area contributed by atoms with Crippen LogP contribution in [0.25, 0.3) is 0 Å². The van der Waals surface area contributed by atoms with E-state index in [0.717, 1.165) is 43.6 Å². The summed E-state index contributed by atoms with van der Waals surface area (Å²) in [5.74, 6) is 1.41. The van der Waals surface area contributed by atoms with Gasteiger partial charge in [-0.25, -0.2) is 4.99 Å². The fourth-order valence-electron chi connectivity index (χ4n) is 3.10. The summed E-state index contributed by atoms with van der Waals surface area (Å²) in [6.07, 6.45) is 11.8. The van der Waals surface area contributed by atoms with Crippen molar-refractivity contribution in [3.05, 3.63) is 12.2 Å². The van der Waals surface area contributed by atoms with Crippen molar-refractivity contribution in [2.45, 2.75) is 59.3 Å². The second-order valence-electron chi connectivity index (χ2n) is 6.20. The maximum absolute atomic E-state index is 11.1. The predicted molar refractivity (Wildman–Crippen MR) is 94.0 cm³/mol. The highest BCUT2D eigenvalue weighted by Crippen LogP contribution is 2.19. The number of aliphatic imine (C=N–C) groups is 1. The molecule has 0 aromatic rings. The van der Waals surface area contributed by atoms with Crippen LogP contribution in [-0.2, 0) is 4.79 Å². The normalized spacial score (nSPS) is 21.3. The standard InChI is InChI=1S/C18H33N3O/c1-4-6-7-8-9-10-11-12-18-20-14-16-21(18,5-2)15-13-19-17(3)22/h7-8H,4-6,9-16H2,1-3H3/p+1/b8-7+.